The minimum absolute atomic E-state index is 0.0828. The van der Waals surface area contributed by atoms with Crippen molar-refractivity contribution in [2.75, 3.05) is 9.97 Å². The molecule has 0 aliphatic carbocycles. The molecule has 8 heteroatoms. The van der Waals surface area contributed by atoms with Crippen LogP contribution in [0.2, 0.25) is 0 Å². The Bertz CT molecular complexity index is 1100. The molecule has 2 aromatic carbocycles. The smallest absolute Gasteiger partial charge is 0.277 e. The van der Waals surface area contributed by atoms with Crippen LogP contribution in [0.15, 0.2) is 59.6 Å². The van der Waals surface area contributed by atoms with E-state index in [1.165, 1.54) is 18.2 Å². The first kappa shape index (κ1) is 16.5. The van der Waals surface area contributed by atoms with E-state index in [1.807, 2.05) is 0 Å². The van der Waals surface area contributed by atoms with Crippen molar-refractivity contribution in [2.24, 2.45) is 0 Å². The molecule has 0 radical (unpaired) electrons. The number of hydrogen-bond acceptors (Lipinski definition) is 4. The summed E-state index contributed by atoms with van der Waals surface area (Å²) < 4.78 is 51.2. The Balaban J connectivity index is 2.35. The lowest BCUT2D eigenvalue weighted by atomic mass is 10.1. The third-order valence-corrected chi connectivity index (χ3v) is 7.34. The van der Waals surface area contributed by atoms with E-state index in [2.05, 4.69) is 4.98 Å². The van der Waals surface area contributed by atoms with E-state index in [4.69, 9.17) is 0 Å². The number of sulfonamides is 2. The summed E-state index contributed by atoms with van der Waals surface area (Å²) in [7, 11) is -8.34. The lowest BCUT2D eigenvalue weighted by molar-refractivity contribution is 0.587. The number of hydrogen-bond donors (Lipinski definition) is 1. The van der Waals surface area contributed by atoms with E-state index in [-0.39, 0.29) is 10.6 Å². The van der Waals surface area contributed by atoms with Gasteiger partial charge in [-0.15, -0.1) is 0 Å². The summed E-state index contributed by atoms with van der Waals surface area (Å²) in [6.45, 7) is 1.79. The van der Waals surface area contributed by atoms with Gasteiger partial charge in [0.05, 0.1) is 16.8 Å². The summed E-state index contributed by atoms with van der Waals surface area (Å²) in [4.78, 5) is 2.93. The molecule has 0 unspecified atom stereocenters. The van der Waals surface area contributed by atoms with Gasteiger partial charge in [-0.2, -0.15) is 3.71 Å². The van der Waals surface area contributed by atoms with Gasteiger partial charge in [-0.05, 0) is 36.8 Å². The van der Waals surface area contributed by atoms with Gasteiger partial charge in [-0.25, -0.2) is 16.8 Å². The molecule has 1 N–H and O–H groups in total. The zero-order valence-corrected chi connectivity index (χ0v) is 14.7. The minimum atomic E-state index is -4.27. The lowest BCUT2D eigenvalue weighted by Gasteiger charge is -2.23. The van der Waals surface area contributed by atoms with Crippen LogP contribution in [-0.4, -0.2) is 28.1 Å². The highest BCUT2D eigenvalue weighted by molar-refractivity contribution is 8.10. The quantitative estimate of drug-likeness (QED) is 0.771. The Labute approximate surface area is 140 Å². The average Bonchev–Trinajstić information content (AvgIpc) is 2.89. The molecule has 0 bridgehead atoms. The van der Waals surface area contributed by atoms with E-state index in [1.54, 1.807) is 43.5 Å². The maximum absolute atomic E-state index is 13.0. The Morgan fingerprint density at radius 3 is 2.21 bits per heavy atom. The molecular formula is C16H16N2O4S2. The highest BCUT2D eigenvalue weighted by atomic mass is 32.3. The fourth-order valence-corrected chi connectivity index (χ4v) is 5.96. The Hall–Kier alpha value is -2.32. The van der Waals surface area contributed by atoms with Gasteiger partial charge < -0.3 is 4.98 Å². The standard InChI is InChI=1S/C16H16N2O4S2/c1-12-11-17-14-9-6-10-15(16(12)14)18(23(2,19)20)24(21,22)13-7-4-3-5-8-13/h3-11,17H,1-2H3. The maximum atomic E-state index is 13.0. The highest BCUT2D eigenvalue weighted by Gasteiger charge is 2.34. The second-order valence-electron chi connectivity index (χ2n) is 5.45. The Morgan fingerprint density at radius 1 is 0.917 bits per heavy atom. The molecule has 24 heavy (non-hydrogen) atoms. The Kier molecular flexibility index (Phi) is 3.89. The normalized spacial score (nSPS) is 12.4. The van der Waals surface area contributed by atoms with Crippen molar-refractivity contribution in [2.45, 2.75) is 11.8 Å². The number of aromatic amines is 1. The number of rotatable bonds is 4. The predicted octanol–water partition coefficient (Wildman–Crippen LogP) is 2.63. The van der Waals surface area contributed by atoms with Gasteiger partial charge in [0.15, 0.2) is 0 Å². The van der Waals surface area contributed by atoms with Crippen molar-refractivity contribution in [3.05, 3.63) is 60.3 Å². The van der Waals surface area contributed by atoms with E-state index in [0.29, 0.717) is 14.6 Å². The van der Waals surface area contributed by atoms with Crippen molar-refractivity contribution in [1.29, 1.82) is 0 Å². The molecule has 0 saturated carbocycles. The number of nitrogens with one attached hydrogen (secondary N) is 1. The van der Waals surface area contributed by atoms with Crippen LogP contribution in [0.25, 0.3) is 10.9 Å². The van der Waals surface area contributed by atoms with Crippen LogP contribution in [0, 0.1) is 6.92 Å². The van der Waals surface area contributed by atoms with Gasteiger partial charge >= 0.3 is 0 Å². The third-order valence-electron chi connectivity index (χ3n) is 3.64. The molecule has 3 rings (SSSR count). The highest BCUT2D eigenvalue weighted by Crippen LogP contribution is 2.34. The number of aromatic nitrogens is 1. The SMILES string of the molecule is Cc1c[nH]c2cccc(N(S(C)(=O)=O)S(=O)(=O)c3ccccc3)c12. The van der Waals surface area contributed by atoms with Crippen LogP contribution in [0.1, 0.15) is 5.56 Å². The second-order valence-corrected chi connectivity index (χ2v) is 9.30. The summed E-state index contributed by atoms with van der Waals surface area (Å²) in [5.41, 5.74) is 1.54. The number of benzene rings is 2. The fraction of sp³-hybridized carbons (Fsp3) is 0.125. The van der Waals surface area contributed by atoms with Gasteiger partial charge in [0, 0.05) is 17.1 Å². The van der Waals surface area contributed by atoms with E-state index >= 15 is 0 Å². The predicted molar refractivity (Wildman–Crippen MR) is 94.0 cm³/mol. The van der Waals surface area contributed by atoms with Crippen molar-refractivity contribution in [1.82, 2.24) is 4.98 Å². The van der Waals surface area contributed by atoms with E-state index < -0.39 is 20.0 Å². The summed E-state index contributed by atoms with van der Waals surface area (Å²) in [5, 5.41) is 0.558. The fourth-order valence-electron chi connectivity index (χ4n) is 2.66. The summed E-state index contributed by atoms with van der Waals surface area (Å²) in [5.74, 6) is 0. The minimum Gasteiger partial charge on any atom is -0.361 e. The van der Waals surface area contributed by atoms with Crippen LogP contribution in [0.3, 0.4) is 0 Å². The first-order valence-electron chi connectivity index (χ1n) is 7.10. The van der Waals surface area contributed by atoms with Crippen molar-refractivity contribution in [3.63, 3.8) is 0 Å². The zero-order chi connectivity index (χ0) is 17.5. The van der Waals surface area contributed by atoms with Gasteiger partial charge in [0.25, 0.3) is 10.0 Å². The number of nitrogens with zero attached hydrogens (tertiary/aromatic N) is 1. The number of anilines is 1. The van der Waals surface area contributed by atoms with Crippen molar-refractivity contribution >= 4 is 36.6 Å². The molecular weight excluding hydrogens is 348 g/mol. The van der Waals surface area contributed by atoms with Crippen LogP contribution in [0.4, 0.5) is 5.69 Å². The monoisotopic (exact) mass is 364 g/mol. The number of fused-ring (bicyclic) bond motifs is 1. The summed E-state index contributed by atoms with van der Waals surface area (Å²) >= 11 is 0. The molecule has 0 atom stereocenters. The molecule has 0 aliphatic heterocycles. The van der Waals surface area contributed by atoms with E-state index in [0.717, 1.165) is 11.8 Å². The molecule has 0 aliphatic rings. The van der Waals surface area contributed by atoms with Crippen molar-refractivity contribution < 1.29 is 16.8 Å². The average molecular weight is 364 g/mol. The van der Waals surface area contributed by atoms with Crippen LogP contribution < -0.4 is 3.71 Å². The van der Waals surface area contributed by atoms with Gasteiger partial charge in [0.2, 0.25) is 10.0 Å². The van der Waals surface area contributed by atoms with E-state index in [9.17, 15) is 16.8 Å². The topological polar surface area (TPSA) is 87.3 Å². The first-order valence-corrected chi connectivity index (χ1v) is 10.4. The molecule has 0 fully saturated rings. The Morgan fingerprint density at radius 2 is 1.58 bits per heavy atom. The molecule has 126 valence electrons. The van der Waals surface area contributed by atoms with Gasteiger partial charge in [-0.3, -0.25) is 0 Å². The molecule has 0 spiro atoms. The maximum Gasteiger partial charge on any atom is 0.277 e. The van der Waals surface area contributed by atoms with Crippen molar-refractivity contribution in [3.8, 4) is 0 Å². The second kappa shape index (κ2) is 5.64. The van der Waals surface area contributed by atoms with Gasteiger partial charge in [0.1, 0.15) is 0 Å². The van der Waals surface area contributed by atoms with Gasteiger partial charge in [-0.1, -0.05) is 24.3 Å². The molecule has 1 heterocycles. The van der Waals surface area contributed by atoms with Crippen LogP contribution in [-0.2, 0) is 20.0 Å². The molecule has 1 aromatic heterocycles. The molecule has 0 saturated heterocycles. The summed E-state index contributed by atoms with van der Waals surface area (Å²) in [6, 6.07) is 12.4. The third kappa shape index (κ3) is 2.67. The lowest BCUT2D eigenvalue weighted by Crippen LogP contribution is -2.36. The van der Waals surface area contributed by atoms with Crippen LogP contribution in [0.5, 0.6) is 0 Å². The zero-order valence-electron chi connectivity index (χ0n) is 13.1. The number of H-pyrrole nitrogens is 1. The largest absolute Gasteiger partial charge is 0.361 e. The first-order chi connectivity index (χ1) is 11.2. The van der Waals surface area contributed by atoms with Crippen LogP contribution >= 0.6 is 0 Å². The summed E-state index contributed by atoms with van der Waals surface area (Å²) in [6.07, 6.45) is 2.60. The molecule has 3 aromatic rings. The molecule has 0 amide bonds. The number of aryl methyl sites for hydroxylation is 1. The molecule has 6 nitrogen and oxygen atoms in total.